The minimum Gasteiger partial charge on any atom is -0.490 e. The molecular weight excluding hydrogens is 322 g/mol. The molecule has 0 fully saturated rings. The first-order chi connectivity index (χ1) is 11.9. The molecule has 0 saturated carbocycles. The largest absolute Gasteiger partial charge is 0.490 e. The van der Waals surface area contributed by atoms with Crippen LogP contribution in [0.1, 0.15) is 28.4 Å². The molecule has 25 heavy (non-hydrogen) atoms. The Morgan fingerprint density at radius 3 is 2.32 bits per heavy atom. The first-order valence-electron chi connectivity index (χ1n) is 7.91. The summed E-state index contributed by atoms with van der Waals surface area (Å²) in [5.41, 5.74) is 3.12. The molecule has 2 rings (SSSR count). The van der Waals surface area contributed by atoms with Gasteiger partial charge in [0.2, 0.25) is 0 Å². The Balaban J connectivity index is 2.24. The predicted molar refractivity (Wildman–Crippen MR) is 94.6 cm³/mol. The van der Waals surface area contributed by atoms with Crippen molar-refractivity contribution in [3.8, 4) is 11.5 Å². The number of benzene rings is 2. The number of carbonyl (C=O) groups excluding carboxylic acids is 1. The van der Waals surface area contributed by atoms with E-state index in [1.54, 1.807) is 19.1 Å². The molecule has 132 valence electrons. The molecule has 1 amide bonds. The molecule has 0 aliphatic carbocycles. The summed E-state index contributed by atoms with van der Waals surface area (Å²) < 4.78 is 10.6. The fourth-order valence-corrected chi connectivity index (χ4v) is 2.37. The molecular formula is C19H21NO5. The number of hydrogen-bond acceptors (Lipinski definition) is 4. The second kappa shape index (κ2) is 8.19. The van der Waals surface area contributed by atoms with Crippen LogP contribution in [0.15, 0.2) is 36.4 Å². The quantitative estimate of drug-likeness (QED) is 0.805. The number of carboxylic acids is 1. The number of aryl methyl sites for hydroxylation is 2. The minimum atomic E-state index is -1.08. The van der Waals surface area contributed by atoms with Crippen molar-refractivity contribution in [1.82, 2.24) is 0 Å². The molecule has 0 spiro atoms. The van der Waals surface area contributed by atoms with E-state index in [4.69, 9.17) is 14.6 Å². The summed E-state index contributed by atoms with van der Waals surface area (Å²) in [6.45, 7) is 5.54. The van der Waals surface area contributed by atoms with Crippen LogP contribution in [0.5, 0.6) is 11.5 Å². The van der Waals surface area contributed by atoms with Gasteiger partial charge in [-0.2, -0.15) is 0 Å². The van der Waals surface area contributed by atoms with Crippen LogP contribution >= 0.6 is 0 Å². The topological polar surface area (TPSA) is 84.9 Å². The third-order valence-electron chi connectivity index (χ3n) is 3.58. The van der Waals surface area contributed by atoms with Gasteiger partial charge in [-0.05, 0) is 50.1 Å². The lowest BCUT2D eigenvalue weighted by molar-refractivity contribution is -0.139. The van der Waals surface area contributed by atoms with Gasteiger partial charge in [0, 0.05) is 11.3 Å². The van der Waals surface area contributed by atoms with Crippen molar-refractivity contribution >= 4 is 17.6 Å². The van der Waals surface area contributed by atoms with Gasteiger partial charge in [0.1, 0.15) is 0 Å². The molecule has 0 bridgehead atoms. The summed E-state index contributed by atoms with van der Waals surface area (Å²) in [7, 11) is 0. The van der Waals surface area contributed by atoms with E-state index in [9.17, 15) is 9.59 Å². The molecule has 0 atom stereocenters. The van der Waals surface area contributed by atoms with E-state index in [-0.39, 0.29) is 11.7 Å². The zero-order valence-corrected chi connectivity index (χ0v) is 14.5. The number of ether oxygens (including phenoxy) is 2. The molecule has 0 aromatic heterocycles. The van der Waals surface area contributed by atoms with Crippen LogP contribution in [0.25, 0.3) is 0 Å². The molecule has 0 saturated heterocycles. The van der Waals surface area contributed by atoms with E-state index in [1.165, 1.54) is 6.07 Å². The third-order valence-corrected chi connectivity index (χ3v) is 3.58. The lowest BCUT2D eigenvalue weighted by atomic mass is 10.1. The second-order valence-electron chi connectivity index (χ2n) is 5.50. The molecule has 0 radical (unpaired) electrons. The summed E-state index contributed by atoms with van der Waals surface area (Å²) in [4.78, 5) is 23.2. The molecule has 0 unspecified atom stereocenters. The number of anilines is 1. The molecule has 0 heterocycles. The maximum Gasteiger partial charge on any atom is 0.341 e. The Labute approximate surface area is 146 Å². The van der Waals surface area contributed by atoms with Crippen LogP contribution < -0.4 is 14.8 Å². The molecule has 2 aromatic carbocycles. The van der Waals surface area contributed by atoms with E-state index in [2.05, 4.69) is 5.32 Å². The first kappa shape index (κ1) is 18.3. The van der Waals surface area contributed by atoms with Gasteiger partial charge in [0.15, 0.2) is 18.1 Å². The van der Waals surface area contributed by atoms with Gasteiger partial charge >= 0.3 is 5.97 Å². The minimum absolute atomic E-state index is 0.275. The normalized spacial score (nSPS) is 10.2. The van der Waals surface area contributed by atoms with Crippen LogP contribution in [0.3, 0.4) is 0 Å². The SMILES string of the molecule is CCOc1cc(C(=O)Nc2c(C)cccc2C)ccc1OCC(=O)O. The van der Waals surface area contributed by atoms with Crippen LogP contribution in [0.2, 0.25) is 0 Å². The number of hydrogen-bond donors (Lipinski definition) is 2. The predicted octanol–water partition coefficient (Wildman–Crippen LogP) is 3.42. The van der Waals surface area contributed by atoms with Crippen molar-refractivity contribution in [3.05, 3.63) is 53.1 Å². The standard InChI is InChI=1S/C19H21NO5/c1-4-24-16-10-14(8-9-15(16)25-11-17(21)22)19(23)20-18-12(2)6-5-7-13(18)3/h5-10H,4,11H2,1-3H3,(H,20,23)(H,21,22). The summed E-state index contributed by atoms with van der Waals surface area (Å²) in [6, 6.07) is 10.4. The molecule has 0 aliphatic heterocycles. The molecule has 2 N–H and O–H groups in total. The average Bonchev–Trinajstić information content (AvgIpc) is 2.57. The fraction of sp³-hybridized carbons (Fsp3) is 0.263. The summed E-state index contributed by atoms with van der Waals surface area (Å²) in [5, 5.41) is 11.6. The number of amides is 1. The lowest BCUT2D eigenvalue weighted by Crippen LogP contribution is -2.15. The van der Waals surface area contributed by atoms with Gasteiger partial charge in [0.05, 0.1) is 6.61 Å². The van der Waals surface area contributed by atoms with Gasteiger partial charge in [-0.15, -0.1) is 0 Å². The van der Waals surface area contributed by atoms with Crippen molar-refractivity contribution in [3.63, 3.8) is 0 Å². The van der Waals surface area contributed by atoms with Crippen molar-refractivity contribution < 1.29 is 24.2 Å². The highest BCUT2D eigenvalue weighted by molar-refractivity contribution is 6.05. The number of carboxylic acid groups (broad SMARTS) is 1. The Morgan fingerprint density at radius 2 is 1.72 bits per heavy atom. The first-order valence-corrected chi connectivity index (χ1v) is 7.91. The van der Waals surface area contributed by atoms with Gasteiger partial charge in [-0.3, -0.25) is 4.79 Å². The van der Waals surface area contributed by atoms with Crippen molar-refractivity contribution in [1.29, 1.82) is 0 Å². The summed E-state index contributed by atoms with van der Waals surface area (Å²) in [5.74, 6) is -0.742. The molecule has 6 heteroatoms. The smallest absolute Gasteiger partial charge is 0.341 e. The Hall–Kier alpha value is -3.02. The Bertz CT molecular complexity index is 765. The zero-order chi connectivity index (χ0) is 18.4. The number of nitrogens with one attached hydrogen (secondary N) is 1. The Morgan fingerprint density at radius 1 is 1.04 bits per heavy atom. The number of para-hydroxylation sites is 1. The summed E-state index contributed by atoms with van der Waals surface area (Å²) >= 11 is 0. The van der Waals surface area contributed by atoms with Crippen LogP contribution in [0, 0.1) is 13.8 Å². The Kier molecular flexibility index (Phi) is 6.00. The maximum atomic E-state index is 12.6. The maximum absolute atomic E-state index is 12.6. The number of rotatable bonds is 7. The van der Waals surface area contributed by atoms with Gasteiger partial charge in [-0.25, -0.2) is 4.79 Å². The highest BCUT2D eigenvalue weighted by Crippen LogP contribution is 2.29. The lowest BCUT2D eigenvalue weighted by Gasteiger charge is -2.14. The van der Waals surface area contributed by atoms with E-state index in [0.717, 1.165) is 16.8 Å². The fourth-order valence-electron chi connectivity index (χ4n) is 2.37. The highest BCUT2D eigenvalue weighted by Gasteiger charge is 2.14. The van der Waals surface area contributed by atoms with Crippen LogP contribution in [-0.4, -0.2) is 30.2 Å². The van der Waals surface area contributed by atoms with Crippen LogP contribution in [0.4, 0.5) is 5.69 Å². The van der Waals surface area contributed by atoms with Crippen LogP contribution in [-0.2, 0) is 4.79 Å². The zero-order valence-electron chi connectivity index (χ0n) is 14.5. The number of aliphatic carboxylic acids is 1. The van der Waals surface area contributed by atoms with Crippen molar-refractivity contribution in [2.75, 3.05) is 18.5 Å². The third kappa shape index (κ3) is 4.73. The molecule has 0 aliphatic rings. The number of carbonyl (C=O) groups is 2. The van der Waals surface area contributed by atoms with E-state index < -0.39 is 12.6 Å². The van der Waals surface area contributed by atoms with Crippen molar-refractivity contribution in [2.24, 2.45) is 0 Å². The highest BCUT2D eigenvalue weighted by atomic mass is 16.5. The molecule has 6 nitrogen and oxygen atoms in total. The molecule has 2 aromatic rings. The van der Waals surface area contributed by atoms with Crippen molar-refractivity contribution in [2.45, 2.75) is 20.8 Å². The van der Waals surface area contributed by atoms with Gasteiger partial charge < -0.3 is 19.9 Å². The average molecular weight is 343 g/mol. The van der Waals surface area contributed by atoms with E-state index in [0.29, 0.717) is 17.9 Å². The van der Waals surface area contributed by atoms with Gasteiger partial charge in [0.25, 0.3) is 5.91 Å². The second-order valence-corrected chi connectivity index (χ2v) is 5.50. The monoisotopic (exact) mass is 343 g/mol. The van der Waals surface area contributed by atoms with Gasteiger partial charge in [-0.1, -0.05) is 18.2 Å². The van der Waals surface area contributed by atoms with E-state index in [1.807, 2.05) is 32.0 Å². The van der Waals surface area contributed by atoms with E-state index >= 15 is 0 Å². The summed E-state index contributed by atoms with van der Waals surface area (Å²) in [6.07, 6.45) is 0.